The van der Waals surface area contributed by atoms with E-state index in [0.29, 0.717) is 0 Å². The van der Waals surface area contributed by atoms with Gasteiger partial charge in [0.15, 0.2) is 12.7 Å². The lowest BCUT2D eigenvalue weighted by Gasteiger charge is -2.16. The normalized spacial score (nSPS) is 10.9. The van der Waals surface area contributed by atoms with E-state index in [1.165, 1.54) is 21.7 Å². The first-order valence-corrected chi connectivity index (χ1v) is 10.1. The number of benzene rings is 3. The average molecular weight is 369 g/mol. The van der Waals surface area contributed by atoms with Gasteiger partial charge < -0.3 is 0 Å². The van der Waals surface area contributed by atoms with E-state index in [9.17, 15) is 0 Å². The lowest BCUT2D eigenvalue weighted by atomic mass is 10.0. The predicted octanol–water partition coefficient (Wildman–Crippen LogP) is 5.90. The Bertz CT molecular complexity index is 929. The highest BCUT2D eigenvalue weighted by Gasteiger charge is 2.21. The lowest BCUT2D eigenvalue weighted by molar-refractivity contribution is -0.724. The van der Waals surface area contributed by atoms with Crippen LogP contribution in [0.5, 0.6) is 0 Å². The van der Waals surface area contributed by atoms with Crippen molar-refractivity contribution in [3.63, 3.8) is 0 Å². The van der Waals surface area contributed by atoms with Gasteiger partial charge in [0, 0.05) is 17.7 Å². The molecule has 4 rings (SSSR count). The van der Waals surface area contributed by atoms with Crippen LogP contribution in [0.1, 0.15) is 21.9 Å². The molecule has 0 unspecified atom stereocenters. The Labute approximate surface area is 165 Å². The van der Waals surface area contributed by atoms with Gasteiger partial charge in [-0.1, -0.05) is 91.0 Å². The van der Waals surface area contributed by atoms with E-state index in [-0.39, 0.29) is 5.25 Å². The van der Waals surface area contributed by atoms with Gasteiger partial charge in [-0.2, -0.15) is 4.57 Å². The quantitative estimate of drug-likeness (QED) is 0.302. The van der Waals surface area contributed by atoms with E-state index in [4.69, 9.17) is 0 Å². The highest BCUT2D eigenvalue weighted by molar-refractivity contribution is 7.99. The predicted molar refractivity (Wildman–Crippen MR) is 113 cm³/mol. The molecule has 0 fully saturated rings. The molecule has 0 saturated carbocycles. The van der Waals surface area contributed by atoms with Crippen LogP contribution < -0.4 is 4.57 Å². The molecule has 0 bridgehead atoms. The van der Waals surface area contributed by atoms with E-state index in [2.05, 4.69) is 120 Å². The maximum atomic E-state index is 2.33. The van der Waals surface area contributed by atoms with Crippen molar-refractivity contribution < 1.29 is 4.57 Å². The van der Waals surface area contributed by atoms with Crippen LogP contribution in [0.2, 0.25) is 0 Å². The van der Waals surface area contributed by atoms with Crippen LogP contribution in [0.25, 0.3) is 0 Å². The largest absolute Gasteiger partial charge is 0.241 e. The van der Waals surface area contributed by atoms with Gasteiger partial charge in [0.1, 0.15) is 0 Å². The first-order chi connectivity index (χ1) is 13.4. The topological polar surface area (TPSA) is 3.88 Å². The molecule has 3 aromatic carbocycles. The van der Waals surface area contributed by atoms with Crippen LogP contribution in [0, 0.1) is 0 Å². The summed E-state index contributed by atoms with van der Waals surface area (Å²) in [5.41, 5.74) is 3.96. The molecular weight excluding hydrogens is 346 g/mol. The highest BCUT2D eigenvalue weighted by atomic mass is 32.2. The van der Waals surface area contributed by atoms with Crippen molar-refractivity contribution in [3.05, 3.63) is 132 Å². The number of hydrogen-bond donors (Lipinski definition) is 0. The number of hydrogen-bond acceptors (Lipinski definition) is 1. The van der Waals surface area contributed by atoms with Crippen LogP contribution in [0.4, 0.5) is 0 Å². The summed E-state index contributed by atoms with van der Waals surface area (Å²) in [6.07, 6.45) is 2.17. The summed E-state index contributed by atoms with van der Waals surface area (Å²) in [6.45, 7) is 0.875. The Kier molecular flexibility index (Phi) is 5.66. The smallest absolute Gasteiger partial charge is 0.189 e. The molecule has 0 amide bonds. The highest BCUT2D eigenvalue weighted by Crippen LogP contribution is 2.39. The molecule has 0 aliphatic rings. The maximum absolute atomic E-state index is 2.33. The second kappa shape index (κ2) is 8.70. The molecule has 0 aliphatic heterocycles. The molecule has 2 heteroatoms. The van der Waals surface area contributed by atoms with E-state index < -0.39 is 0 Å². The van der Waals surface area contributed by atoms with Crippen molar-refractivity contribution in [2.24, 2.45) is 0 Å². The van der Waals surface area contributed by atoms with Gasteiger partial charge >= 0.3 is 0 Å². The molecule has 0 atom stereocenters. The third-order valence-corrected chi connectivity index (χ3v) is 5.93. The van der Waals surface area contributed by atoms with Crippen molar-refractivity contribution >= 4 is 11.8 Å². The van der Waals surface area contributed by atoms with Gasteiger partial charge in [-0.3, -0.25) is 0 Å². The summed E-state index contributed by atoms with van der Waals surface area (Å²) >= 11 is 1.90. The summed E-state index contributed by atoms with van der Waals surface area (Å²) in [4.78, 5) is 0. The maximum Gasteiger partial charge on any atom is 0.241 e. The zero-order valence-electron chi connectivity index (χ0n) is 15.1. The van der Waals surface area contributed by atoms with Gasteiger partial charge in [0.2, 0.25) is 5.03 Å². The first kappa shape index (κ1) is 17.6. The Balaban J connectivity index is 1.68. The number of aromatic nitrogens is 1. The summed E-state index contributed by atoms with van der Waals surface area (Å²) in [7, 11) is 0. The molecule has 1 aromatic heterocycles. The molecule has 1 heterocycles. The zero-order chi connectivity index (χ0) is 18.3. The monoisotopic (exact) mass is 368 g/mol. The lowest BCUT2D eigenvalue weighted by Crippen LogP contribution is -2.36. The van der Waals surface area contributed by atoms with Gasteiger partial charge in [-0.05, 0) is 29.0 Å². The number of nitrogens with zero attached hydrogens (tertiary/aromatic N) is 1. The molecule has 27 heavy (non-hydrogen) atoms. The minimum absolute atomic E-state index is 0.261. The molecule has 132 valence electrons. The van der Waals surface area contributed by atoms with Crippen molar-refractivity contribution in [3.8, 4) is 0 Å². The molecule has 0 spiro atoms. The summed E-state index contributed by atoms with van der Waals surface area (Å²) < 4.78 is 2.33. The van der Waals surface area contributed by atoms with E-state index in [0.717, 1.165) is 6.54 Å². The number of rotatable bonds is 6. The van der Waals surface area contributed by atoms with E-state index >= 15 is 0 Å². The fraction of sp³-hybridized carbons (Fsp3) is 0.0800. The third kappa shape index (κ3) is 4.47. The van der Waals surface area contributed by atoms with Gasteiger partial charge in [0.25, 0.3) is 0 Å². The molecule has 1 nitrogen and oxygen atoms in total. The molecule has 0 N–H and O–H groups in total. The number of thioether (sulfide) groups is 1. The Morgan fingerprint density at radius 3 is 1.70 bits per heavy atom. The Hall–Kier alpha value is -2.84. The molecule has 4 aromatic rings. The van der Waals surface area contributed by atoms with Gasteiger partial charge in [-0.15, -0.1) is 0 Å². The SMILES string of the molecule is c1ccc(C[n+]2ccccc2SC(c2ccccc2)c2ccccc2)cc1. The fourth-order valence-electron chi connectivity index (χ4n) is 3.18. The van der Waals surface area contributed by atoms with Crippen molar-refractivity contribution in [1.82, 2.24) is 0 Å². The van der Waals surface area contributed by atoms with Gasteiger partial charge in [-0.25, -0.2) is 0 Å². The van der Waals surface area contributed by atoms with Gasteiger partial charge in [0.05, 0.1) is 5.25 Å². The molecule has 0 radical (unpaired) electrons. The van der Waals surface area contributed by atoms with E-state index in [1.807, 2.05) is 11.8 Å². The fourth-order valence-corrected chi connectivity index (χ4v) is 4.43. The minimum atomic E-state index is 0.261. The minimum Gasteiger partial charge on any atom is -0.189 e. The second-order valence-electron chi connectivity index (χ2n) is 6.47. The Morgan fingerprint density at radius 2 is 1.11 bits per heavy atom. The third-order valence-electron chi connectivity index (χ3n) is 4.54. The summed E-state index contributed by atoms with van der Waals surface area (Å²) in [5, 5.41) is 1.52. The second-order valence-corrected chi connectivity index (χ2v) is 7.60. The van der Waals surface area contributed by atoms with Crippen molar-refractivity contribution in [2.45, 2.75) is 16.8 Å². The van der Waals surface area contributed by atoms with Crippen LogP contribution in [-0.4, -0.2) is 0 Å². The number of pyridine rings is 1. The van der Waals surface area contributed by atoms with Crippen LogP contribution >= 0.6 is 11.8 Å². The first-order valence-electron chi connectivity index (χ1n) is 9.19. The molecular formula is C25H22NS+. The van der Waals surface area contributed by atoms with E-state index in [1.54, 1.807) is 0 Å². The van der Waals surface area contributed by atoms with Crippen molar-refractivity contribution in [2.75, 3.05) is 0 Å². The van der Waals surface area contributed by atoms with Crippen molar-refractivity contribution in [1.29, 1.82) is 0 Å². The zero-order valence-corrected chi connectivity index (χ0v) is 15.9. The molecule has 0 aliphatic carbocycles. The van der Waals surface area contributed by atoms with Crippen LogP contribution in [0.3, 0.4) is 0 Å². The summed E-state index contributed by atoms with van der Waals surface area (Å²) in [5.74, 6) is 0. The average Bonchev–Trinajstić information content (AvgIpc) is 2.75. The summed E-state index contributed by atoms with van der Waals surface area (Å²) in [6, 6.07) is 38.6. The van der Waals surface area contributed by atoms with Crippen LogP contribution in [-0.2, 0) is 6.54 Å². The van der Waals surface area contributed by atoms with Crippen LogP contribution in [0.15, 0.2) is 120 Å². The standard InChI is InChI=1S/C25H22NS/c1-4-12-21(13-5-1)20-26-19-11-10-18-24(26)27-25(22-14-6-2-7-15-22)23-16-8-3-9-17-23/h1-19,25H,20H2/q+1. The Morgan fingerprint density at radius 1 is 0.593 bits per heavy atom. The molecule has 0 saturated heterocycles.